The highest BCUT2D eigenvalue weighted by Crippen LogP contribution is 2.41. The second-order valence-electron chi connectivity index (χ2n) is 8.79. The average Bonchev–Trinajstić information content (AvgIpc) is 3.39. The monoisotopic (exact) mass is 477 g/mol. The SMILES string of the molecule is CCn1c(-c2cnc(C)nc2)nc2c(-c3ccc4c(c3)[C@](C)(Nc3ccncc3)C(=O)N4)ncnc21. The van der Waals surface area contributed by atoms with E-state index in [2.05, 4.69) is 35.6 Å². The summed E-state index contributed by atoms with van der Waals surface area (Å²) in [5, 5.41) is 6.36. The third-order valence-electron chi connectivity index (χ3n) is 6.50. The molecule has 0 saturated heterocycles. The van der Waals surface area contributed by atoms with Crippen LogP contribution < -0.4 is 10.6 Å². The van der Waals surface area contributed by atoms with Gasteiger partial charge in [0.25, 0.3) is 5.91 Å². The first-order valence-electron chi connectivity index (χ1n) is 11.6. The predicted octanol–water partition coefficient (Wildman–Crippen LogP) is 3.95. The van der Waals surface area contributed by atoms with Crippen molar-refractivity contribution in [3.05, 3.63) is 72.8 Å². The van der Waals surface area contributed by atoms with Gasteiger partial charge in [0.2, 0.25) is 0 Å². The van der Waals surface area contributed by atoms with Gasteiger partial charge in [-0.05, 0) is 45.0 Å². The lowest BCUT2D eigenvalue weighted by Crippen LogP contribution is -2.39. The van der Waals surface area contributed by atoms with Crippen molar-refractivity contribution in [1.29, 1.82) is 0 Å². The number of carbonyl (C=O) groups excluding carboxylic acids is 1. The number of nitrogens with one attached hydrogen (secondary N) is 2. The van der Waals surface area contributed by atoms with Crippen LogP contribution in [0.1, 0.15) is 25.2 Å². The summed E-state index contributed by atoms with van der Waals surface area (Å²) in [7, 11) is 0. The first-order chi connectivity index (χ1) is 17.5. The molecule has 0 bridgehead atoms. The molecule has 1 aliphatic rings. The summed E-state index contributed by atoms with van der Waals surface area (Å²) in [5.74, 6) is 1.30. The number of aryl methyl sites for hydroxylation is 2. The molecule has 10 nitrogen and oxygen atoms in total. The van der Waals surface area contributed by atoms with Gasteiger partial charge < -0.3 is 15.2 Å². The minimum absolute atomic E-state index is 0.129. The molecule has 0 spiro atoms. The van der Waals surface area contributed by atoms with Crippen LogP contribution in [0.15, 0.2) is 61.4 Å². The van der Waals surface area contributed by atoms with Crippen molar-refractivity contribution in [2.75, 3.05) is 10.6 Å². The summed E-state index contributed by atoms with van der Waals surface area (Å²) in [6.45, 7) is 6.44. The summed E-state index contributed by atoms with van der Waals surface area (Å²) in [6, 6.07) is 9.51. The number of fused-ring (bicyclic) bond motifs is 2. The molecule has 5 aromatic rings. The second-order valence-corrected chi connectivity index (χ2v) is 8.79. The Balaban J connectivity index is 1.48. The predicted molar refractivity (Wildman–Crippen MR) is 136 cm³/mol. The largest absolute Gasteiger partial charge is 0.368 e. The first kappa shape index (κ1) is 21.8. The standard InChI is InChI=1S/C26H23N9O/c1-4-35-23(17-12-28-15(2)29-13-17)33-22-21(30-14-31-24(22)35)16-5-6-20-19(11-16)26(3,25(36)32-20)34-18-7-9-27-10-8-18/h5-14H,4H2,1-3H3,(H,27,34)(H,32,36)/t26-/m0/s1. The van der Waals surface area contributed by atoms with E-state index in [9.17, 15) is 4.79 Å². The zero-order valence-corrected chi connectivity index (χ0v) is 20.0. The normalized spacial score (nSPS) is 16.7. The molecule has 4 aromatic heterocycles. The van der Waals surface area contributed by atoms with E-state index in [-0.39, 0.29) is 5.91 Å². The van der Waals surface area contributed by atoms with E-state index >= 15 is 0 Å². The molecule has 36 heavy (non-hydrogen) atoms. The van der Waals surface area contributed by atoms with Crippen LogP contribution in [0.3, 0.4) is 0 Å². The quantitative estimate of drug-likeness (QED) is 0.390. The van der Waals surface area contributed by atoms with Gasteiger partial charge in [-0.1, -0.05) is 6.07 Å². The van der Waals surface area contributed by atoms with Gasteiger partial charge in [-0.2, -0.15) is 0 Å². The molecule has 0 radical (unpaired) electrons. The summed E-state index contributed by atoms with van der Waals surface area (Å²) in [5.41, 5.74) is 5.17. The molecule has 2 N–H and O–H groups in total. The van der Waals surface area contributed by atoms with Crippen LogP contribution in [0.25, 0.3) is 33.8 Å². The van der Waals surface area contributed by atoms with Gasteiger partial charge in [0.1, 0.15) is 34.7 Å². The molecule has 1 amide bonds. The molecule has 0 fully saturated rings. The Morgan fingerprint density at radius 1 is 1.03 bits per heavy atom. The Hall–Kier alpha value is -4.73. The van der Waals surface area contributed by atoms with Gasteiger partial charge in [0, 0.05) is 53.8 Å². The maximum Gasteiger partial charge on any atom is 0.254 e. The topological polar surface area (TPSA) is 123 Å². The number of benzene rings is 1. The van der Waals surface area contributed by atoms with Crippen molar-refractivity contribution < 1.29 is 4.79 Å². The number of anilines is 2. The van der Waals surface area contributed by atoms with E-state index < -0.39 is 5.54 Å². The molecule has 6 rings (SSSR count). The molecular weight excluding hydrogens is 454 g/mol. The molecule has 10 heteroatoms. The van der Waals surface area contributed by atoms with Crippen LogP contribution in [-0.4, -0.2) is 40.4 Å². The van der Waals surface area contributed by atoms with Crippen molar-refractivity contribution >= 4 is 28.4 Å². The smallest absolute Gasteiger partial charge is 0.254 e. The van der Waals surface area contributed by atoms with E-state index in [1.54, 1.807) is 31.1 Å². The first-order valence-corrected chi connectivity index (χ1v) is 11.6. The van der Waals surface area contributed by atoms with E-state index in [1.165, 1.54) is 0 Å². The van der Waals surface area contributed by atoms with Crippen LogP contribution in [0, 0.1) is 6.92 Å². The van der Waals surface area contributed by atoms with Crippen LogP contribution in [0.5, 0.6) is 0 Å². The van der Waals surface area contributed by atoms with Crippen LogP contribution in [0.4, 0.5) is 11.4 Å². The fourth-order valence-corrected chi connectivity index (χ4v) is 4.61. The van der Waals surface area contributed by atoms with E-state index in [1.807, 2.05) is 55.7 Å². The van der Waals surface area contributed by atoms with Crippen LogP contribution >= 0.6 is 0 Å². The zero-order chi connectivity index (χ0) is 24.9. The lowest BCUT2D eigenvalue weighted by molar-refractivity contribution is -0.119. The van der Waals surface area contributed by atoms with Gasteiger partial charge in [-0.3, -0.25) is 9.78 Å². The Kier molecular flexibility index (Phi) is 4.96. The highest BCUT2D eigenvalue weighted by Gasteiger charge is 2.43. The average molecular weight is 478 g/mol. The lowest BCUT2D eigenvalue weighted by atomic mass is 9.91. The third-order valence-corrected chi connectivity index (χ3v) is 6.50. The third kappa shape index (κ3) is 3.37. The fraction of sp³-hybridized carbons (Fsp3) is 0.192. The molecule has 178 valence electrons. The highest BCUT2D eigenvalue weighted by molar-refractivity contribution is 6.08. The molecule has 1 aromatic carbocycles. The maximum atomic E-state index is 13.0. The molecule has 1 aliphatic heterocycles. The number of rotatable bonds is 5. The molecule has 0 unspecified atom stereocenters. The van der Waals surface area contributed by atoms with Crippen molar-refractivity contribution in [1.82, 2.24) is 34.5 Å². The van der Waals surface area contributed by atoms with Crippen molar-refractivity contribution in [3.63, 3.8) is 0 Å². The Morgan fingerprint density at radius 3 is 2.56 bits per heavy atom. The molecule has 5 heterocycles. The van der Waals surface area contributed by atoms with E-state index in [0.717, 1.165) is 39.5 Å². The maximum absolute atomic E-state index is 13.0. The number of pyridine rings is 1. The second kappa shape index (κ2) is 8.19. The summed E-state index contributed by atoms with van der Waals surface area (Å²) in [6.07, 6.45) is 8.46. The zero-order valence-electron chi connectivity index (χ0n) is 20.0. The molecular formula is C26H23N9O. The minimum atomic E-state index is -0.966. The minimum Gasteiger partial charge on any atom is -0.368 e. The number of carbonyl (C=O) groups is 1. The van der Waals surface area contributed by atoms with Gasteiger partial charge in [0.05, 0.1) is 5.56 Å². The van der Waals surface area contributed by atoms with Gasteiger partial charge in [0.15, 0.2) is 5.65 Å². The lowest BCUT2D eigenvalue weighted by Gasteiger charge is -2.25. The van der Waals surface area contributed by atoms with Crippen molar-refractivity contribution in [2.45, 2.75) is 32.9 Å². The molecule has 1 atom stereocenters. The Labute approximate surface area is 206 Å². The molecule has 0 aliphatic carbocycles. The number of nitrogens with zero attached hydrogens (tertiary/aromatic N) is 7. The van der Waals surface area contributed by atoms with E-state index in [0.29, 0.717) is 23.6 Å². The number of amides is 1. The molecule has 0 saturated carbocycles. The van der Waals surface area contributed by atoms with Gasteiger partial charge >= 0.3 is 0 Å². The summed E-state index contributed by atoms with van der Waals surface area (Å²) < 4.78 is 2.03. The van der Waals surface area contributed by atoms with Gasteiger partial charge in [-0.15, -0.1) is 0 Å². The van der Waals surface area contributed by atoms with E-state index in [4.69, 9.17) is 4.98 Å². The summed E-state index contributed by atoms with van der Waals surface area (Å²) in [4.78, 5) is 39.8. The number of hydrogen-bond donors (Lipinski definition) is 2. The summed E-state index contributed by atoms with van der Waals surface area (Å²) >= 11 is 0. The van der Waals surface area contributed by atoms with Gasteiger partial charge in [-0.25, -0.2) is 24.9 Å². The number of imidazole rings is 1. The fourth-order valence-electron chi connectivity index (χ4n) is 4.61. The Bertz CT molecular complexity index is 1610. The highest BCUT2D eigenvalue weighted by atomic mass is 16.2. The van der Waals surface area contributed by atoms with Crippen LogP contribution in [0.2, 0.25) is 0 Å². The number of aromatic nitrogens is 7. The van der Waals surface area contributed by atoms with Crippen molar-refractivity contribution in [2.24, 2.45) is 0 Å². The number of hydrogen-bond acceptors (Lipinski definition) is 8. The van der Waals surface area contributed by atoms with Crippen molar-refractivity contribution in [3.8, 4) is 22.6 Å². The Morgan fingerprint density at radius 2 is 1.81 bits per heavy atom. The van der Waals surface area contributed by atoms with Crippen LogP contribution in [-0.2, 0) is 16.9 Å².